The molecule has 1 aliphatic rings. The average Bonchev–Trinajstić information content (AvgIpc) is 3.14. The maximum absolute atomic E-state index is 12.7. The van der Waals surface area contributed by atoms with Crippen molar-refractivity contribution in [3.8, 4) is 0 Å². The summed E-state index contributed by atoms with van der Waals surface area (Å²) in [6, 6.07) is 9.07. The van der Waals surface area contributed by atoms with Crippen molar-refractivity contribution in [1.82, 2.24) is 15.1 Å². The van der Waals surface area contributed by atoms with Gasteiger partial charge in [0.25, 0.3) is 5.91 Å². The van der Waals surface area contributed by atoms with Crippen LogP contribution in [0.25, 0.3) is 0 Å². The highest BCUT2D eigenvalue weighted by Gasteiger charge is 2.39. The Bertz CT molecular complexity index is 776. The number of hydrogen-bond acceptors (Lipinski definition) is 3. The molecule has 0 unspecified atom stereocenters. The van der Waals surface area contributed by atoms with Gasteiger partial charge in [-0.25, -0.2) is 0 Å². The number of benzene rings is 1. The lowest BCUT2D eigenvalue weighted by molar-refractivity contribution is -0.118. The molecule has 1 aliphatic heterocycles. The molecule has 6 heteroatoms. The standard InChI is InChI=1S/C19H24N4O2/c1-13-10-16(18(25)23(13)15-8-6-5-7-9-15)21-17(24)14-11-20-22(12-14)19(2,3)4/h5-9,11-13,16H,10H2,1-4H3,(H,21,24)/t13-,16+/m1/s1. The van der Waals surface area contributed by atoms with Crippen molar-refractivity contribution in [2.24, 2.45) is 0 Å². The molecule has 1 N–H and O–H groups in total. The molecule has 2 aromatic rings. The van der Waals surface area contributed by atoms with Crippen LogP contribution in [0.2, 0.25) is 0 Å². The second kappa shape index (κ2) is 6.35. The zero-order valence-corrected chi connectivity index (χ0v) is 15.1. The average molecular weight is 340 g/mol. The lowest BCUT2D eigenvalue weighted by Gasteiger charge is -2.21. The molecule has 1 aromatic heterocycles. The van der Waals surface area contributed by atoms with Gasteiger partial charge in [0.1, 0.15) is 6.04 Å². The van der Waals surface area contributed by atoms with E-state index in [4.69, 9.17) is 0 Å². The van der Waals surface area contributed by atoms with E-state index in [1.165, 1.54) is 0 Å². The van der Waals surface area contributed by atoms with E-state index in [9.17, 15) is 9.59 Å². The molecule has 0 saturated carbocycles. The molecule has 2 atom stereocenters. The summed E-state index contributed by atoms with van der Waals surface area (Å²) < 4.78 is 1.75. The fourth-order valence-corrected chi connectivity index (χ4v) is 3.07. The summed E-state index contributed by atoms with van der Waals surface area (Å²) in [4.78, 5) is 27.0. The van der Waals surface area contributed by atoms with Gasteiger partial charge in [0.2, 0.25) is 5.91 Å². The predicted octanol–water partition coefficient (Wildman–Crippen LogP) is 2.56. The van der Waals surface area contributed by atoms with Crippen molar-refractivity contribution in [3.63, 3.8) is 0 Å². The second-order valence-corrected chi connectivity index (χ2v) is 7.50. The Morgan fingerprint density at radius 1 is 1.24 bits per heavy atom. The largest absolute Gasteiger partial charge is 0.340 e. The van der Waals surface area contributed by atoms with Gasteiger partial charge in [0, 0.05) is 17.9 Å². The quantitative estimate of drug-likeness (QED) is 0.934. The van der Waals surface area contributed by atoms with E-state index < -0.39 is 6.04 Å². The molecule has 0 bridgehead atoms. The second-order valence-electron chi connectivity index (χ2n) is 7.50. The Morgan fingerprint density at radius 2 is 1.92 bits per heavy atom. The number of carbonyl (C=O) groups is 2. The van der Waals surface area contributed by atoms with Crippen LogP contribution < -0.4 is 10.2 Å². The van der Waals surface area contributed by atoms with Crippen LogP contribution in [0.4, 0.5) is 5.69 Å². The zero-order chi connectivity index (χ0) is 18.2. The molecule has 25 heavy (non-hydrogen) atoms. The van der Waals surface area contributed by atoms with Crippen LogP contribution in [0.1, 0.15) is 44.5 Å². The summed E-state index contributed by atoms with van der Waals surface area (Å²) in [6.45, 7) is 8.04. The van der Waals surface area contributed by atoms with E-state index in [1.807, 2.05) is 58.0 Å². The van der Waals surface area contributed by atoms with Gasteiger partial charge in [0.15, 0.2) is 0 Å². The molecule has 1 fully saturated rings. The van der Waals surface area contributed by atoms with Crippen LogP contribution in [0.15, 0.2) is 42.7 Å². The number of hydrogen-bond donors (Lipinski definition) is 1. The van der Waals surface area contributed by atoms with Crippen LogP contribution in [0.3, 0.4) is 0 Å². The zero-order valence-electron chi connectivity index (χ0n) is 15.1. The summed E-state index contributed by atoms with van der Waals surface area (Å²) in [5, 5.41) is 7.10. The minimum atomic E-state index is -0.513. The minimum absolute atomic E-state index is 0.0394. The molecular weight excluding hydrogens is 316 g/mol. The van der Waals surface area contributed by atoms with Gasteiger partial charge < -0.3 is 10.2 Å². The highest BCUT2D eigenvalue weighted by Crippen LogP contribution is 2.26. The Morgan fingerprint density at radius 3 is 2.52 bits per heavy atom. The van der Waals surface area contributed by atoms with Gasteiger partial charge in [-0.15, -0.1) is 0 Å². The monoisotopic (exact) mass is 340 g/mol. The maximum atomic E-state index is 12.7. The normalized spacial score (nSPS) is 20.8. The van der Waals surface area contributed by atoms with E-state index in [-0.39, 0.29) is 23.4 Å². The van der Waals surface area contributed by atoms with Gasteiger partial charge in [-0.1, -0.05) is 18.2 Å². The highest BCUT2D eigenvalue weighted by molar-refractivity contribution is 6.04. The number of para-hydroxylation sites is 1. The number of anilines is 1. The molecule has 2 amide bonds. The van der Waals surface area contributed by atoms with Gasteiger partial charge in [0.05, 0.1) is 17.3 Å². The first kappa shape index (κ1) is 17.2. The van der Waals surface area contributed by atoms with Gasteiger partial charge in [-0.05, 0) is 46.2 Å². The fraction of sp³-hybridized carbons (Fsp3) is 0.421. The number of rotatable bonds is 3. The molecule has 0 aliphatic carbocycles. The number of amides is 2. The van der Waals surface area contributed by atoms with Crippen molar-refractivity contribution >= 4 is 17.5 Å². The topological polar surface area (TPSA) is 67.2 Å². The van der Waals surface area contributed by atoms with Crippen molar-refractivity contribution in [2.45, 2.75) is 51.7 Å². The van der Waals surface area contributed by atoms with Crippen molar-refractivity contribution < 1.29 is 9.59 Å². The van der Waals surface area contributed by atoms with Crippen LogP contribution in [-0.4, -0.2) is 33.7 Å². The third-order valence-corrected chi connectivity index (χ3v) is 4.42. The lowest BCUT2D eigenvalue weighted by atomic mass is 10.1. The first-order chi connectivity index (χ1) is 11.8. The summed E-state index contributed by atoms with van der Waals surface area (Å²) in [6.07, 6.45) is 3.85. The summed E-state index contributed by atoms with van der Waals surface area (Å²) in [5.41, 5.74) is 1.13. The maximum Gasteiger partial charge on any atom is 0.255 e. The molecule has 132 valence electrons. The molecule has 1 saturated heterocycles. The van der Waals surface area contributed by atoms with E-state index in [1.54, 1.807) is 22.0 Å². The van der Waals surface area contributed by atoms with Gasteiger partial charge in [-0.3, -0.25) is 14.3 Å². The minimum Gasteiger partial charge on any atom is -0.340 e. The van der Waals surface area contributed by atoms with E-state index in [2.05, 4.69) is 10.4 Å². The first-order valence-corrected chi connectivity index (χ1v) is 8.51. The van der Waals surface area contributed by atoms with Crippen LogP contribution in [0.5, 0.6) is 0 Å². The fourth-order valence-electron chi connectivity index (χ4n) is 3.07. The molecule has 0 radical (unpaired) electrons. The van der Waals surface area contributed by atoms with Gasteiger partial charge >= 0.3 is 0 Å². The number of carbonyl (C=O) groups excluding carboxylic acids is 2. The highest BCUT2D eigenvalue weighted by atomic mass is 16.2. The Hall–Kier alpha value is -2.63. The SMILES string of the molecule is C[C@@H]1C[C@H](NC(=O)c2cnn(C(C)(C)C)c2)C(=O)N1c1ccccc1. The third-order valence-electron chi connectivity index (χ3n) is 4.42. The summed E-state index contributed by atoms with van der Waals surface area (Å²) >= 11 is 0. The molecule has 1 aromatic carbocycles. The molecule has 6 nitrogen and oxygen atoms in total. The number of nitrogens with one attached hydrogen (secondary N) is 1. The Balaban J connectivity index is 1.72. The van der Waals surface area contributed by atoms with E-state index >= 15 is 0 Å². The van der Waals surface area contributed by atoms with E-state index in [0.29, 0.717) is 12.0 Å². The van der Waals surface area contributed by atoms with E-state index in [0.717, 1.165) is 5.69 Å². The number of aromatic nitrogens is 2. The number of nitrogens with zero attached hydrogens (tertiary/aromatic N) is 3. The molecule has 0 spiro atoms. The van der Waals surface area contributed by atoms with Gasteiger partial charge in [-0.2, -0.15) is 5.10 Å². The van der Waals surface area contributed by atoms with Crippen LogP contribution in [-0.2, 0) is 10.3 Å². The van der Waals surface area contributed by atoms with Crippen molar-refractivity contribution in [1.29, 1.82) is 0 Å². The molecule has 2 heterocycles. The Kier molecular flexibility index (Phi) is 4.37. The molecular formula is C19H24N4O2. The van der Waals surface area contributed by atoms with Crippen molar-refractivity contribution in [2.75, 3.05) is 4.90 Å². The third kappa shape index (κ3) is 3.43. The van der Waals surface area contributed by atoms with Crippen LogP contribution in [0, 0.1) is 0 Å². The van der Waals surface area contributed by atoms with Crippen LogP contribution >= 0.6 is 0 Å². The van der Waals surface area contributed by atoms with Crippen molar-refractivity contribution in [3.05, 3.63) is 48.3 Å². The predicted molar refractivity (Wildman–Crippen MR) is 96.5 cm³/mol. The first-order valence-electron chi connectivity index (χ1n) is 8.51. The smallest absolute Gasteiger partial charge is 0.255 e. The molecule has 3 rings (SSSR count). The Labute approximate surface area is 147 Å². The summed E-state index contributed by atoms with van der Waals surface area (Å²) in [5.74, 6) is -0.341. The lowest BCUT2D eigenvalue weighted by Crippen LogP contribution is -2.41. The summed E-state index contributed by atoms with van der Waals surface area (Å²) in [7, 11) is 0.